The molecule has 2 nitrogen and oxygen atoms in total. The highest BCUT2D eigenvalue weighted by Gasteiger charge is 2.21. The van der Waals surface area contributed by atoms with Crippen molar-refractivity contribution in [1.82, 2.24) is 5.32 Å². The van der Waals surface area contributed by atoms with Crippen LogP contribution in [-0.2, 0) is 6.42 Å². The second-order valence-electron chi connectivity index (χ2n) is 6.75. The molecule has 2 rings (SSSR count). The van der Waals surface area contributed by atoms with Crippen molar-refractivity contribution in [2.24, 2.45) is 5.92 Å². The average molecular weight is 275 g/mol. The number of hydrogen-bond acceptors (Lipinski definition) is 2. The highest BCUT2D eigenvalue weighted by Crippen LogP contribution is 2.22. The molecular formula is C18H29NO. The Balaban J connectivity index is 1.90. The third kappa shape index (κ3) is 4.60. The van der Waals surface area contributed by atoms with E-state index in [1.807, 2.05) is 0 Å². The van der Waals surface area contributed by atoms with Gasteiger partial charge in [0.25, 0.3) is 0 Å². The van der Waals surface area contributed by atoms with E-state index in [2.05, 4.69) is 50.4 Å². The first kappa shape index (κ1) is 15.5. The molecular weight excluding hydrogens is 246 g/mol. The van der Waals surface area contributed by atoms with E-state index in [0.29, 0.717) is 18.0 Å². The van der Waals surface area contributed by atoms with Crippen LogP contribution in [0.3, 0.4) is 0 Å². The van der Waals surface area contributed by atoms with Crippen LogP contribution in [0.5, 0.6) is 0 Å². The Morgan fingerprint density at radius 2 is 1.85 bits per heavy atom. The SMILES string of the molecule is CC(C)Cc1ccc(C(C)NC2CCCC(O)C2)cc1. The van der Waals surface area contributed by atoms with Crippen LogP contribution < -0.4 is 5.32 Å². The molecule has 0 radical (unpaired) electrons. The smallest absolute Gasteiger partial charge is 0.0555 e. The van der Waals surface area contributed by atoms with Crippen molar-refractivity contribution in [3.05, 3.63) is 35.4 Å². The molecule has 0 aliphatic heterocycles. The second-order valence-corrected chi connectivity index (χ2v) is 6.75. The first-order valence-electron chi connectivity index (χ1n) is 8.07. The summed E-state index contributed by atoms with van der Waals surface area (Å²) in [4.78, 5) is 0. The van der Waals surface area contributed by atoms with E-state index >= 15 is 0 Å². The van der Waals surface area contributed by atoms with Gasteiger partial charge in [-0.15, -0.1) is 0 Å². The predicted molar refractivity (Wildman–Crippen MR) is 84.8 cm³/mol. The molecule has 2 N–H and O–H groups in total. The molecule has 1 saturated carbocycles. The maximum atomic E-state index is 9.74. The molecule has 20 heavy (non-hydrogen) atoms. The van der Waals surface area contributed by atoms with E-state index in [4.69, 9.17) is 0 Å². The van der Waals surface area contributed by atoms with Crippen LogP contribution in [0.1, 0.15) is 63.6 Å². The van der Waals surface area contributed by atoms with Gasteiger partial charge in [0, 0.05) is 12.1 Å². The zero-order chi connectivity index (χ0) is 14.5. The molecule has 2 heteroatoms. The van der Waals surface area contributed by atoms with Gasteiger partial charge in [0.1, 0.15) is 0 Å². The van der Waals surface area contributed by atoms with Crippen molar-refractivity contribution in [2.75, 3.05) is 0 Å². The van der Waals surface area contributed by atoms with E-state index in [1.54, 1.807) is 0 Å². The van der Waals surface area contributed by atoms with Gasteiger partial charge in [0.05, 0.1) is 6.10 Å². The fourth-order valence-electron chi connectivity index (χ4n) is 3.18. The van der Waals surface area contributed by atoms with Gasteiger partial charge in [0.15, 0.2) is 0 Å². The molecule has 1 aliphatic rings. The minimum atomic E-state index is -0.109. The topological polar surface area (TPSA) is 32.3 Å². The minimum Gasteiger partial charge on any atom is -0.393 e. The average Bonchev–Trinajstić information content (AvgIpc) is 2.38. The summed E-state index contributed by atoms with van der Waals surface area (Å²) < 4.78 is 0. The van der Waals surface area contributed by atoms with Gasteiger partial charge in [-0.05, 0) is 56.1 Å². The third-order valence-corrected chi connectivity index (χ3v) is 4.26. The van der Waals surface area contributed by atoms with Crippen LogP contribution in [0.25, 0.3) is 0 Å². The highest BCUT2D eigenvalue weighted by atomic mass is 16.3. The van der Waals surface area contributed by atoms with E-state index < -0.39 is 0 Å². The van der Waals surface area contributed by atoms with Crippen molar-refractivity contribution >= 4 is 0 Å². The molecule has 0 spiro atoms. The normalized spacial score (nSPS) is 24.9. The van der Waals surface area contributed by atoms with Crippen molar-refractivity contribution in [1.29, 1.82) is 0 Å². The standard InChI is InChI=1S/C18H29NO/c1-13(2)11-15-7-9-16(10-8-15)14(3)19-17-5-4-6-18(20)12-17/h7-10,13-14,17-20H,4-6,11-12H2,1-3H3. The Morgan fingerprint density at radius 1 is 1.15 bits per heavy atom. The molecule has 0 bridgehead atoms. The molecule has 1 aromatic rings. The number of aliphatic hydroxyl groups is 1. The lowest BCUT2D eigenvalue weighted by Gasteiger charge is -2.29. The molecule has 1 aromatic carbocycles. The summed E-state index contributed by atoms with van der Waals surface area (Å²) in [6, 6.07) is 9.82. The molecule has 0 saturated heterocycles. The minimum absolute atomic E-state index is 0.109. The molecule has 1 fully saturated rings. The summed E-state index contributed by atoms with van der Waals surface area (Å²) in [5.41, 5.74) is 2.77. The fourth-order valence-corrected chi connectivity index (χ4v) is 3.18. The summed E-state index contributed by atoms with van der Waals surface area (Å²) >= 11 is 0. The number of hydrogen-bond donors (Lipinski definition) is 2. The largest absolute Gasteiger partial charge is 0.393 e. The van der Waals surface area contributed by atoms with Crippen LogP contribution in [0, 0.1) is 5.92 Å². The van der Waals surface area contributed by atoms with E-state index in [1.165, 1.54) is 17.5 Å². The van der Waals surface area contributed by atoms with Gasteiger partial charge in [-0.1, -0.05) is 38.1 Å². The summed E-state index contributed by atoms with van der Waals surface area (Å²) in [5.74, 6) is 0.708. The van der Waals surface area contributed by atoms with Crippen LogP contribution in [0.4, 0.5) is 0 Å². The summed E-state index contributed by atoms with van der Waals surface area (Å²) in [6.45, 7) is 6.73. The van der Waals surface area contributed by atoms with Gasteiger partial charge in [0.2, 0.25) is 0 Å². The van der Waals surface area contributed by atoms with Gasteiger partial charge in [-0.25, -0.2) is 0 Å². The summed E-state index contributed by atoms with van der Waals surface area (Å²) in [7, 11) is 0. The Bertz CT molecular complexity index is 398. The lowest BCUT2D eigenvalue weighted by Crippen LogP contribution is -2.37. The van der Waals surface area contributed by atoms with Crippen molar-refractivity contribution in [3.63, 3.8) is 0 Å². The van der Waals surface area contributed by atoms with Crippen molar-refractivity contribution < 1.29 is 5.11 Å². The molecule has 0 heterocycles. The molecule has 0 amide bonds. The van der Waals surface area contributed by atoms with Crippen molar-refractivity contribution in [2.45, 2.75) is 71.1 Å². The van der Waals surface area contributed by atoms with Crippen LogP contribution >= 0.6 is 0 Å². The molecule has 112 valence electrons. The zero-order valence-corrected chi connectivity index (χ0v) is 13.1. The lowest BCUT2D eigenvalue weighted by atomic mass is 9.92. The Kier molecular flexibility index (Phi) is 5.62. The fraction of sp³-hybridized carbons (Fsp3) is 0.667. The van der Waals surface area contributed by atoms with Gasteiger partial charge >= 0.3 is 0 Å². The summed E-state index contributed by atoms with van der Waals surface area (Å²) in [5, 5.41) is 13.4. The number of benzene rings is 1. The number of nitrogens with one attached hydrogen (secondary N) is 1. The van der Waals surface area contributed by atoms with E-state index in [9.17, 15) is 5.11 Å². The number of rotatable bonds is 5. The Morgan fingerprint density at radius 3 is 2.45 bits per heavy atom. The van der Waals surface area contributed by atoms with Crippen LogP contribution in [0.2, 0.25) is 0 Å². The predicted octanol–water partition coefficient (Wildman–Crippen LogP) is 3.84. The van der Waals surface area contributed by atoms with Crippen LogP contribution in [0.15, 0.2) is 24.3 Å². The highest BCUT2D eigenvalue weighted by molar-refractivity contribution is 5.25. The summed E-state index contributed by atoms with van der Waals surface area (Å²) in [6.07, 6.45) is 5.23. The zero-order valence-electron chi connectivity index (χ0n) is 13.1. The maximum Gasteiger partial charge on any atom is 0.0555 e. The Labute approximate surface area is 123 Å². The molecule has 3 atom stereocenters. The number of aliphatic hydroxyl groups excluding tert-OH is 1. The molecule has 0 aromatic heterocycles. The lowest BCUT2D eigenvalue weighted by molar-refractivity contribution is 0.109. The monoisotopic (exact) mass is 275 g/mol. The van der Waals surface area contributed by atoms with Gasteiger partial charge in [-0.2, -0.15) is 0 Å². The van der Waals surface area contributed by atoms with E-state index in [-0.39, 0.29) is 6.10 Å². The Hall–Kier alpha value is -0.860. The quantitative estimate of drug-likeness (QED) is 0.855. The molecule has 3 unspecified atom stereocenters. The van der Waals surface area contributed by atoms with Gasteiger partial charge in [-0.3, -0.25) is 0 Å². The van der Waals surface area contributed by atoms with Crippen molar-refractivity contribution in [3.8, 4) is 0 Å². The van der Waals surface area contributed by atoms with Gasteiger partial charge < -0.3 is 10.4 Å². The first-order valence-corrected chi connectivity index (χ1v) is 8.07. The second kappa shape index (κ2) is 7.24. The van der Waals surface area contributed by atoms with E-state index in [0.717, 1.165) is 25.7 Å². The third-order valence-electron chi connectivity index (χ3n) is 4.26. The maximum absolute atomic E-state index is 9.74. The first-order chi connectivity index (χ1) is 9.54. The van der Waals surface area contributed by atoms with Crippen LogP contribution in [-0.4, -0.2) is 17.3 Å². The molecule has 1 aliphatic carbocycles.